The van der Waals surface area contributed by atoms with Gasteiger partial charge in [0.2, 0.25) is 0 Å². The van der Waals surface area contributed by atoms with E-state index in [2.05, 4.69) is 25.8 Å². The van der Waals surface area contributed by atoms with Crippen LogP contribution in [0.25, 0.3) is 0 Å². The van der Waals surface area contributed by atoms with Crippen molar-refractivity contribution in [2.75, 3.05) is 13.7 Å². The van der Waals surface area contributed by atoms with Gasteiger partial charge in [0.05, 0.1) is 18.8 Å². The van der Waals surface area contributed by atoms with Crippen molar-refractivity contribution in [1.82, 2.24) is 4.90 Å². The van der Waals surface area contributed by atoms with Crippen LogP contribution in [0.1, 0.15) is 27.2 Å². The van der Waals surface area contributed by atoms with Gasteiger partial charge in [0.15, 0.2) is 0 Å². The Morgan fingerprint density at radius 2 is 2.15 bits per heavy atom. The van der Waals surface area contributed by atoms with Gasteiger partial charge in [-0.25, -0.2) is 0 Å². The van der Waals surface area contributed by atoms with Crippen molar-refractivity contribution < 1.29 is 9.84 Å². The molecule has 0 aliphatic carbocycles. The molecule has 1 N–H and O–H groups in total. The SMILES string of the molecule is CC1CC(N(C)C(C)CO)C(C)O1. The van der Waals surface area contributed by atoms with Crippen LogP contribution in [0.3, 0.4) is 0 Å². The third-order valence-electron chi connectivity index (χ3n) is 3.04. The van der Waals surface area contributed by atoms with Gasteiger partial charge in [-0.15, -0.1) is 0 Å². The minimum Gasteiger partial charge on any atom is -0.395 e. The summed E-state index contributed by atoms with van der Waals surface area (Å²) in [7, 11) is 2.06. The van der Waals surface area contributed by atoms with Crippen LogP contribution in [0.15, 0.2) is 0 Å². The fourth-order valence-corrected chi connectivity index (χ4v) is 2.00. The number of hydrogen-bond acceptors (Lipinski definition) is 3. The van der Waals surface area contributed by atoms with Crippen molar-refractivity contribution >= 4 is 0 Å². The molecular formula is C10H21NO2. The van der Waals surface area contributed by atoms with Gasteiger partial charge in [0.25, 0.3) is 0 Å². The topological polar surface area (TPSA) is 32.7 Å². The highest BCUT2D eigenvalue weighted by Gasteiger charge is 2.33. The first-order valence-corrected chi connectivity index (χ1v) is 5.04. The fourth-order valence-electron chi connectivity index (χ4n) is 2.00. The Kier molecular flexibility index (Phi) is 3.71. The highest BCUT2D eigenvalue weighted by Crippen LogP contribution is 2.24. The summed E-state index contributed by atoms with van der Waals surface area (Å²) in [5, 5.41) is 9.04. The van der Waals surface area contributed by atoms with Crippen LogP contribution in [0, 0.1) is 0 Å². The lowest BCUT2D eigenvalue weighted by Crippen LogP contribution is -2.43. The fraction of sp³-hybridized carbons (Fsp3) is 1.00. The molecule has 78 valence electrons. The third-order valence-corrected chi connectivity index (χ3v) is 3.04. The van der Waals surface area contributed by atoms with Crippen molar-refractivity contribution in [2.45, 2.75) is 51.5 Å². The number of aliphatic hydroxyl groups excluding tert-OH is 1. The highest BCUT2D eigenvalue weighted by atomic mass is 16.5. The Morgan fingerprint density at radius 1 is 1.54 bits per heavy atom. The Balaban J connectivity index is 2.51. The predicted octanol–water partition coefficient (Wildman–Crippen LogP) is 0.865. The van der Waals surface area contributed by atoms with Gasteiger partial charge in [-0.1, -0.05) is 0 Å². The molecule has 1 fully saturated rings. The summed E-state index contributed by atoms with van der Waals surface area (Å²) >= 11 is 0. The Morgan fingerprint density at radius 3 is 2.54 bits per heavy atom. The zero-order valence-electron chi connectivity index (χ0n) is 9.03. The maximum atomic E-state index is 9.04. The first-order chi connectivity index (χ1) is 6.06. The van der Waals surface area contributed by atoms with Crippen LogP contribution in [0.5, 0.6) is 0 Å². The minimum absolute atomic E-state index is 0.216. The molecule has 3 heteroatoms. The number of hydrogen-bond donors (Lipinski definition) is 1. The van der Waals surface area contributed by atoms with E-state index in [0.29, 0.717) is 12.1 Å². The molecule has 0 aromatic carbocycles. The number of likely N-dealkylation sites (N-methyl/N-ethyl adjacent to an activating group) is 1. The minimum atomic E-state index is 0.216. The van der Waals surface area contributed by atoms with Crippen LogP contribution >= 0.6 is 0 Å². The molecule has 0 aromatic heterocycles. The van der Waals surface area contributed by atoms with Gasteiger partial charge in [0.1, 0.15) is 0 Å². The van der Waals surface area contributed by atoms with E-state index in [1.54, 1.807) is 0 Å². The smallest absolute Gasteiger partial charge is 0.0706 e. The predicted molar refractivity (Wildman–Crippen MR) is 52.7 cm³/mol. The molecule has 3 nitrogen and oxygen atoms in total. The van der Waals surface area contributed by atoms with Gasteiger partial charge in [0, 0.05) is 12.1 Å². The van der Waals surface area contributed by atoms with Crippen LogP contribution < -0.4 is 0 Å². The van der Waals surface area contributed by atoms with E-state index in [-0.39, 0.29) is 18.8 Å². The lowest BCUT2D eigenvalue weighted by molar-refractivity contribution is 0.0324. The van der Waals surface area contributed by atoms with E-state index in [0.717, 1.165) is 6.42 Å². The lowest BCUT2D eigenvalue weighted by Gasteiger charge is -2.31. The summed E-state index contributed by atoms with van der Waals surface area (Å²) in [5.74, 6) is 0. The molecule has 1 heterocycles. The van der Waals surface area contributed by atoms with Crippen LogP contribution in [0.2, 0.25) is 0 Å². The van der Waals surface area contributed by atoms with E-state index in [9.17, 15) is 0 Å². The number of ether oxygens (including phenoxy) is 1. The molecule has 1 saturated heterocycles. The second kappa shape index (κ2) is 4.40. The van der Waals surface area contributed by atoms with Gasteiger partial charge in [-0.2, -0.15) is 0 Å². The van der Waals surface area contributed by atoms with Gasteiger partial charge in [-0.05, 0) is 34.2 Å². The Bertz CT molecular complexity index is 163. The summed E-state index contributed by atoms with van der Waals surface area (Å²) in [4.78, 5) is 2.22. The summed E-state index contributed by atoms with van der Waals surface area (Å²) in [6.45, 7) is 6.46. The summed E-state index contributed by atoms with van der Waals surface area (Å²) in [6, 6.07) is 0.679. The molecule has 0 saturated carbocycles. The van der Waals surface area contributed by atoms with Crippen LogP contribution in [-0.2, 0) is 4.74 Å². The first kappa shape index (κ1) is 11.0. The van der Waals surface area contributed by atoms with Crippen molar-refractivity contribution in [1.29, 1.82) is 0 Å². The lowest BCUT2D eigenvalue weighted by atomic mass is 10.1. The third kappa shape index (κ3) is 2.42. The summed E-state index contributed by atoms with van der Waals surface area (Å²) in [5.41, 5.74) is 0. The molecule has 0 bridgehead atoms. The normalized spacial score (nSPS) is 36.9. The first-order valence-electron chi connectivity index (χ1n) is 5.04. The van der Waals surface area contributed by atoms with Crippen LogP contribution in [-0.4, -0.2) is 48.0 Å². The van der Waals surface area contributed by atoms with Crippen LogP contribution in [0.4, 0.5) is 0 Å². The molecule has 1 aliphatic rings. The molecule has 0 amide bonds. The Hall–Kier alpha value is -0.120. The second-order valence-electron chi connectivity index (χ2n) is 4.15. The largest absolute Gasteiger partial charge is 0.395 e. The maximum absolute atomic E-state index is 9.04. The molecule has 1 rings (SSSR count). The Labute approximate surface area is 80.7 Å². The van der Waals surface area contributed by atoms with Gasteiger partial charge >= 0.3 is 0 Å². The molecule has 4 unspecified atom stereocenters. The summed E-state index contributed by atoms with van der Waals surface area (Å²) in [6.07, 6.45) is 1.71. The quantitative estimate of drug-likeness (QED) is 0.711. The van der Waals surface area contributed by atoms with E-state index < -0.39 is 0 Å². The van der Waals surface area contributed by atoms with E-state index in [4.69, 9.17) is 9.84 Å². The molecular weight excluding hydrogens is 166 g/mol. The zero-order chi connectivity index (χ0) is 10.0. The van der Waals surface area contributed by atoms with E-state index in [1.165, 1.54) is 0 Å². The maximum Gasteiger partial charge on any atom is 0.0706 e. The average Bonchev–Trinajstić information content (AvgIpc) is 2.42. The molecule has 1 aliphatic heterocycles. The summed E-state index contributed by atoms with van der Waals surface area (Å²) < 4.78 is 5.67. The van der Waals surface area contributed by atoms with Gasteiger partial charge in [-0.3, -0.25) is 4.90 Å². The van der Waals surface area contributed by atoms with Crippen molar-refractivity contribution in [2.24, 2.45) is 0 Å². The second-order valence-corrected chi connectivity index (χ2v) is 4.15. The average molecular weight is 187 g/mol. The number of aliphatic hydroxyl groups is 1. The standard InChI is InChI=1S/C10H21NO2/c1-7(6-12)11(4)10-5-8(2)13-9(10)3/h7-10,12H,5-6H2,1-4H3. The van der Waals surface area contributed by atoms with Crippen molar-refractivity contribution in [3.8, 4) is 0 Å². The zero-order valence-corrected chi connectivity index (χ0v) is 9.03. The van der Waals surface area contributed by atoms with E-state index >= 15 is 0 Å². The molecule has 0 aromatic rings. The molecule has 0 radical (unpaired) electrons. The molecule has 0 spiro atoms. The number of rotatable bonds is 3. The molecule has 13 heavy (non-hydrogen) atoms. The van der Waals surface area contributed by atoms with Crippen molar-refractivity contribution in [3.63, 3.8) is 0 Å². The van der Waals surface area contributed by atoms with E-state index in [1.807, 2.05) is 6.92 Å². The molecule has 4 atom stereocenters. The monoisotopic (exact) mass is 187 g/mol. The van der Waals surface area contributed by atoms with Crippen molar-refractivity contribution in [3.05, 3.63) is 0 Å². The highest BCUT2D eigenvalue weighted by molar-refractivity contribution is 4.86. The van der Waals surface area contributed by atoms with Gasteiger partial charge < -0.3 is 9.84 Å². The number of nitrogens with zero attached hydrogens (tertiary/aromatic N) is 1.